The number of rotatable bonds is 3. The molecule has 0 amide bonds. The van der Waals surface area contributed by atoms with Crippen molar-refractivity contribution in [2.75, 3.05) is 45.8 Å². The molecule has 0 radical (unpaired) electrons. The van der Waals surface area contributed by atoms with E-state index in [-0.39, 0.29) is 0 Å². The molecular formula is C13H27N3. The van der Waals surface area contributed by atoms with E-state index in [1.54, 1.807) is 0 Å². The molecule has 2 heterocycles. The number of likely N-dealkylation sites (tertiary alicyclic amines) is 1. The zero-order valence-electron chi connectivity index (χ0n) is 10.9. The Morgan fingerprint density at radius 1 is 1.19 bits per heavy atom. The predicted molar refractivity (Wildman–Crippen MR) is 68.7 cm³/mol. The summed E-state index contributed by atoms with van der Waals surface area (Å²) in [4.78, 5) is 5.26. The topological polar surface area (TPSA) is 18.5 Å². The minimum absolute atomic E-state index is 0.734. The molecule has 0 saturated carbocycles. The fourth-order valence-electron chi connectivity index (χ4n) is 2.97. The second kappa shape index (κ2) is 5.99. The van der Waals surface area contributed by atoms with Gasteiger partial charge in [0.25, 0.3) is 0 Å². The second-order valence-electron chi connectivity index (χ2n) is 5.43. The van der Waals surface area contributed by atoms with Gasteiger partial charge in [0.15, 0.2) is 0 Å². The molecular weight excluding hydrogens is 198 g/mol. The van der Waals surface area contributed by atoms with Crippen LogP contribution in [0, 0.1) is 5.92 Å². The first-order valence-electron chi connectivity index (χ1n) is 6.96. The summed E-state index contributed by atoms with van der Waals surface area (Å²) in [6.07, 6.45) is 2.81. The van der Waals surface area contributed by atoms with Crippen LogP contribution in [-0.4, -0.2) is 61.7 Å². The predicted octanol–water partition coefficient (Wildman–Crippen LogP) is 1.01. The van der Waals surface area contributed by atoms with Gasteiger partial charge in [-0.2, -0.15) is 0 Å². The molecule has 3 nitrogen and oxygen atoms in total. The SMILES string of the molecule is CCN1CCC(CN2CCNCC2C)CC1. The second-order valence-corrected chi connectivity index (χ2v) is 5.43. The van der Waals surface area contributed by atoms with Crippen molar-refractivity contribution < 1.29 is 0 Å². The molecule has 0 aromatic carbocycles. The molecule has 2 aliphatic rings. The van der Waals surface area contributed by atoms with E-state index in [2.05, 4.69) is 29.0 Å². The molecule has 0 aliphatic carbocycles. The lowest BCUT2D eigenvalue weighted by Gasteiger charge is -2.39. The summed E-state index contributed by atoms with van der Waals surface area (Å²) in [7, 11) is 0. The fourth-order valence-corrected chi connectivity index (χ4v) is 2.97. The largest absolute Gasteiger partial charge is 0.314 e. The number of nitrogens with one attached hydrogen (secondary N) is 1. The van der Waals surface area contributed by atoms with Crippen LogP contribution >= 0.6 is 0 Å². The number of nitrogens with zero attached hydrogens (tertiary/aromatic N) is 2. The van der Waals surface area contributed by atoms with E-state index >= 15 is 0 Å². The first-order chi connectivity index (χ1) is 7.79. The van der Waals surface area contributed by atoms with E-state index in [4.69, 9.17) is 0 Å². The summed E-state index contributed by atoms with van der Waals surface area (Å²) in [6.45, 7) is 13.4. The van der Waals surface area contributed by atoms with Crippen molar-refractivity contribution in [3.05, 3.63) is 0 Å². The van der Waals surface area contributed by atoms with Crippen LogP contribution in [0.3, 0.4) is 0 Å². The molecule has 0 aromatic rings. The van der Waals surface area contributed by atoms with Gasteiger partial charge in [-0.1, -0.05) is 6.92 Å². The summed E-state index contributed by atoms with van der Waals surface area (Å²) in [6, 6.07) is 0.734. The molecule has 0 spiro atoms. The summed E-state index contributed by atoms with van der Waals surface area (Å²) in [5.41, 5.74) is 0. The summed E-state index contributed by atoms with van der Waals surface area (Å²) in [5, 5.41) is 3.47. The Kier molecular flexibility index (Phi) is 4.62. The highest BCUT2D eigenvalue weighted by Crippen LogP contribution is 2.19. The lowest BCUT2D eigenvalue weighted by Crippen LogP contribution is -2.52. The number of hydrogen-bond acceptors (Lipinski definition) is 3. The fraction of sp³-hybridized carbons (Fsp3) is 1.00. The Hall–Kier alpha value is -0.120. The maximum Gasteiger partial charge on any atom is 0.0193 e. The Balaban J connectivity index is 1.73. The lowest BCUT2D eigenvalue weighted by molar-refractivity contribution is 0.110. The van der Waals surface area contributed by atoms with Crippen molar-refractivity contribution in [1.29, 1.82) is 0 Å². The third-order valence-corrected chi connectivity index (χ3v) is 4.29. The van der Waals surface area contributed by atoms with Crippen molar-refractivity contribution >= 4 is 0 Å². The summed E-state index contributed by atoms with van der Waals surface area (Å²) in [5.74, 6) is 0.948. The minimum Gasteiger partial charge on any atom is -0.314 e. The van der Waals surface area contributed by atoms with E-state index in [0.717, 1.165) is 12.0 Å². The van der Waals surface area contributed by atoms with E-state index in [1.807, 2.05) is 0 Å². The van der Waals surface area contributed by atoms with Crippen molar-refractivity contribution in [2.24, 2.45) is 5.92 Å². The van der Waals surface area contributed by atoms with E-state index in [9.17, 15) is 0 Å². The highest BCUT2D eigenvalue weighted by Gasteiger charge is 2.24. The minimum atomic E-state index is 0.734. The lowest BCUT2D eigenvalue weighted by atomic mass is 9.95. The van der Waals surface area contributed by atoms with Crippen LogP contribution in [0.15, 0.2) is 0 Å². The highest BCUT2D eigenvalue weighted by atomic mass is 15.2. The van der Waals surface area contributed by atoms with Crippen molar-refractivity contribution in [1.82, 2.24) is 15.1 Å². The van der Waals surface area contributed by atoms with Gasteiger partial charge in [0.2, 0.25) is 0 Å². The maximum absolute atomic E-state index is 3.47. The van der Waals surface area contributed by atoms with Gasteiger partial charge in [-0.3, -0.25) is 4.90 Å². The van der Waals surface area contributed by atoms with Crippen LogP contribution in [0.5, 0.6) is 0 Å². The van der Waals surface area contributed by atoms with Crippen LogP contribution in [0.25, 0.3) is 0 Å². The zero-order valence-corrected chi connectivity index (χ0v) is 10.9. The number of piperazine rings is 1. The molecule has 94 valence electrons. The van der Waals surface area contributed by atoms with E-state index < -0.39 is 0 Å². The average molecular weight is 225 g/mol. The van der Waals surface area contributed by atoms with Gasteiger partial charge >= 0.3 is 0 Å². The molecule has 3 heteroatoms. The van der Waals surface area contributed by atoms with E-state index in [0.29, 0.717) is 0 Å². The van der Waals surface area contributed by atoms with E-state index in [1.165, 1.54) is 58.7 Å². The monoisotopic (exact) mass is 225 g/mol. The molecule has 2 fully saturated rings. The van der Waals surface area contributed by atoms with Gasteiger partial charge < -0.3 is 10.2 Å². The summed E-state index contributed by atoms with van der Waals surface area (Å²) < 4.78 is 0. The molecule has 0 aromatic heterocycles. The van der Waals surface area contributed by atoms with Crippen LogP contribution in [0.2, 0.25) is 0 Å². The zero-order chi connectivity index (χ0) is 11.4. The Morgan fingerprint density at radius 2 is 1.94 bits per heavy atom. The maximum atomic E-state index is 3.47. The van der Waals surface area contributed by atoms with Crippen LogP contribution < -0.4 is 5.32 Å². The number of hydrogen-bond donors (Lipinski definition) is 1. The van der Waals surface area contributed by atoms with Crippen LogP contribution in [-0.2, 0) is 0 Å². The molecule has 1 N–H and O–H groups in total. The number of piperidine rings is 1. The first kappa shape index (κ1) is 12.3. The highest BCUT2D eigenvalue weighted by molar-refractivity contribution is 4.80. The molecule has 1 unspecified atom stereocenters. The third-order valence-electron chi connectivity index (χ3n) is 4.29. The molecule has 0 bridgehead atoms. The van der Waals surface area contributed by atoms with Crippen LogP contribution in [0.1, 0.15) is 26.7 Å². The van der Waals surface area contributed by atoms with Crippen molar-refractivity contribution in [3.63, 3.8) is 0 Å². The van der Waals surface area contributed by atoms with Gasteiger partial charge in [-0.15, -0.1) is 0 Å². The Morgan fingerprint density at radius 3 is 2.56 bits per heavy atom. The Labute approximate surface area is 100 Å². The van der Waals surface area contributed by atoms with Gasteiger partial charge in [0.05, 0.1) is 0 Å². The molecule has 2 rings (SSSR count). The molecule has 16 heavy (non-hydrogen) atoms. The standard InChI is InChI=1S/C13H27N3/c1-3-15-7-4-13(5-8-15)11-16-9-6-14-10-12(16)2/h12-14H,3-11H2,1-2H3. The molecule has 2 saturated heterocycles. The molecule has 2 aliphatic heterocycles. The average Bonchev–Trinajstić information content (AvgIpc) is 2.33. The molecule has 1 atom stereocenters. The van der Waals surface area contributed by atoms with Gasteiger partial charge in [-0.05, 0) is 45.3 Å². The van der Waals surface area contributed by atoms with Gasteiger partial charge in [-0.25, -0.2) is 0 Å². The Bertz CT molecular complexity index is 199. The van der Waals surface area contributed by atoms with Gasteiger partial charge in [0, 0.05) is 32.2 Å². The third kappa shape index (κ3) is 3.19. The van der Waals surface area contributed by atoms with Gasteiger partial charge in [0.1, 0.15) is 0 Å². The van der Waals surface area contributed by atoms with Crippen molar-refractivity contribution in [3.8, 4) is 0 Å². The van der Waals surface area contributed by atoms with Crippen molar-refractivity contribution in [2.45, 2.75) is 32.7 Å². The quantitative estimate of drug-likeness (QED) is 0.773. The smallest absolute Gasteiger partial charge is 0.0193 e. The first-order valence-corrected chi connectivity index (χ1v) is 6.96. The summed E-state index contributed by atoms with van der Waals surface area (Å²) >= 11 is 0. The van der Waals surface area contributed by atoms with Crippen LogP contribution in [0.4, 0.5) is 0 Å². The normalized spacial score (nSPS) is 30.8.